The topological polar surface area (TPSA) is 75.7 Å². The van der Waals surface area contributed by atoms with Crippen LogP contribution < -0.4 is 14.4 Å². The van der Waals surface area contributed by atoms with Gasteiger partial charge < -0.3 is 10.1 Å². The zero-order valence-corrected chi connectivity index (χ0v) is 16.4. The molecule has 0 atom stereocenters. The average Bonchev–Trinajstić information content (AvgIpc) is 2.55. The number of hydrogen-bond acceptors (Lipinski definition) is 4. The number of hydrogen-bond donors (Lipinski definition) is 1. The SMILES string of the molecule is CCOc1cccc(NC(=O)CN(c2cccc(Cl)c2C)S(C)(=O)=O)c1. The van der Waals surface area contributed by atoms with E-state index < -0.39 is 15.9 Å². The quantitative estimate of drug-likeness (QED) is 0.777. The van der Waals surface area contributed by atoms with Crippen molar-refractivity contribution >= 4 is 38.9 Å². The minimum atomic E-state index is -3.67. The molecular weight excluding hydrogens is 376 g/mol. The van der Waals surface area contributed by atoms with Crippen molar-refractivity contribution in [2.24, 2.45) is 0 Å². The number of amides is 1. The molecule has 0 aromatic heterocycles. The van der Waals surface area contributed by atoms with Crippen LogP contribution in [-0.2, 0) is 14.8 Å². The number of nitrogens with zero attached hydrogens (tertiary/aromatic N) is 1. The van der Waals surface area contributed by atoms with Crippen LogP contribution in [-0.4, -0.2) is 33.7 Å². The third-order valence-corrected chi connectivity index (χ3v) is 5.16. The highest BCUT2D eigenvalue weighted by molar-refractivity contribution is 7.92. The molecule has 0 fully saturated rings. The zero-order valence-electron chi connectivity index (χ0n) is 14.8. The number of ether oxygens (including phenoxy) is 1. The molecule has 2 aromatic rings. The van der Waals surface area contributed by atoms with Crippen LogP contribution in [0.2, 0.25) is 5.02 Å². The van der Waals surface area contributed by atoms with Gasteiger partial charge in [0.1, 0.15) is 12.3 Å². The van der Waals surface area contributed by atoms with E-state index in [4.69, 9.17) is 16.3 Å². The van der Waals surface area contributed by atoms with Gasteiger partial charge in [0.15, 0.2) is 0 Å². The summed E-state index contributed by atoms with van der Waals surface area (Å²) in [7, 11) is -3.67. The Morgan fingerprint density at radius 1 is 1.23 bits per heavy atom. The monoisotopic (exact) mass is 396 g/mol. The summed E-state index contributed by atoms with van der Waals surface area (Å²) in [5, 5.41) is 3.12. The van der Waals surface area contributed by atoms with Gasteiger partial charge in [0.25, 0.3) is 0 Å². The van der Waals surface area contributed by atoms with Crippen molar-refractivity contribution < 1.29 is 17.9 Å². The Balaban J connectivity index is 2.23. The highest BCUT2D eigenvalue weighted by Crippen LogP contribution is 2.28. The summed E-state index contributed by atoms with van der Waals surface area (Å²) in [6.07, 6.45) is 1.05. The Labute approximate surface area is 158 Å². The summed E-state index contributed by atoms with van der Waals surface area (Å²) in [6.45, 7) is 3.72. The van der Waals surface area contributed by atoms with Crippen LogP contribution in [0, 0.1) is 6.92 Å². The van der Waals surface area contributed by atoms with E-state index in [1.807, 2.05) is 6.92 Å². The first-order chi connectivity index (χ1) is 12.2. The molecular formula is C18H21ClN2O4S. The van der Waals surface area contributed by atoms with Gasteiger partial charge in [0, 0.05) is 16.8 Å². The second-order valence-corrected chi connectivity index (χ2v) is 7.98. The molecule has 2 aromatic carbocycles. The molecule has 1 N–H and O–H groups in total. The summed E-state index contributed by atoms with van der Waals surface area (Å²) in [6, 6.07) is 11.8. The largest absolute Gasteiger partial charge is 0.494 e. The molecule has 140 valence electrons. The van der Waals surface area contributed by atoms with Crippen LogP contribution >= 0.6 is 11.6 Å². The first kappa shape index (κ1) is 20.1. The van der Waals surface area contributed by atoms with E-state index in [-0.39, 0.29) is 6.54 Å². The molecule has 2 rings (SSSR count). The van der Waals surface area contributed by atoms with Gasteiger partial charge in [-0.1, -0.05) is 23.7 Å². The third-order valence-electron chi connectivity index (χ3n) is 3.62. The molecule has 0 aliphatic carbocycles. The minimum Gasteiger partial charge on any atom is -0.494 e. The molecule has 1 amide bonds. The molecule has 6 nitrogen and oxygen atoms in total. The van der Waals surface area contributed by atoms with Crippen molar-refractivity contribution in [2.75, 3.05) is 29.0 Å². The Kier molecular flexibility index (Phi) is 6.50. The van der Waals surface area contributed by atoms with Gasteiger partial charge in [0.05, 0.1) is 18.6 Å². The number of anilines is 2. The summed E-state index contributed by atoms with van der Waals surface area (Å²) >= 11 is 6.09. The van der Waals surface area contributed by atoms with E-state index >= 15 is 0 Å². The van der Waals surface area contributed by atoms with Crippen molar-refractivity contribution in [1.29, 1.82) is 0 Å². The second-order valence-electron chi connectivity index (χ2n) is 5.66. The number of rotatable bonds is 7. The van der Waals surface area contributed by atoms with Gasteiger partial charge in [-0.15, -0.1) is 0 Å². The predicted octanol–water partition coefficient (Wildman–Crippen LogP) is 3.45. The van der Waals surface area contributed by atoms with Crippen LogP contribution in [0.3, 0.4) is 0 Å². The molecule has 0 heterocycles. The highest BCUT2D eigenvalue weighted by atomic mass is 35.5. The van der Waals surface area contributed by atoms with E-state index in [1.54, 1.807) is 49.4 Å². The number of sulfonamides is 1. The second kappa shape index (κ2) is 8.42. The molecule has 0 spiro atoms. The maximum Gasteiger partial charge on any atom is 0.245 e. The van der Waals surface area contributed by atoms with Crippen molar-refractivity contribution in [1.82, 2.24) is 0 Å². The summed E-state index contributed by atoms with van der Waals surface area (Å²) in [5.41, 5.74) is 1.49. The van der Waals surface area contributed by atoms with Crippen molar-refractivity contribution in [3.63, 3.8) is 0 Å². The smallest absolute Gasteiger partial charge is 0.245 e. The first-order valence-electron chi connectivity index (χ1n) is 7.98. The molecule has 0 radical (unpaired) electrons. The lowest BCUT2D eigenvalue weighted by Crippen LogP contribution is -2.37. The van der Waals surface area contributed by atoms with Gasteiger partial charge in [-0.3, -0.25) is 9.10 Å². The summed E-state index contributed by atoms with van der Waals surface area (Å²) < 4.78 is 30.8. The van der Waals surface area contributed by atoms with Crippen molar-refractivity contribution in [3.05, 3.63) is 53.1 Å². The maximum absolute atomic E-state index is 12.4. The lowest BCUT2D eigenvalue weighted by atomic mass is 10.2. The minimum absolute atomic E-state index is 0.362. The highest BCUT2D eigenvalue weighted by Gasteiger charge is 2.23. The van der Waals surface area contributed by atoms with Crippen LogP contribution in [0.4, 0.5) is 11.4 Å². The molecule has 0 saturated carbocycles. The van der Waals surface area contributed by atoms with Gasteiger partial charge >= 0.3 is 0 Å². The number of nitrogens with one attached hydrogen (secondary N) is 1. The fraction of sp³-hybridized carbons (Fsp3) is 0.278. The van der Waals surface area contributed by atoms with Crippen LogP contribution in [0.25, 0.3) is 0 Å². The van der Waals surface area contributed by atoms with Gasteiger partial charge in [-0.25, -0.2) is 8.42 Å². The van der Waals surface area contributed by atoms with Crippen LogP contribution in [0.1, 0.15) is 12.5 Å². The van der Waals surface area contributed by atoms with E-state index in [2.05, 4.69) is 5.32 Å². The fourth-order valence-corrected chi connectivity index (χ4v) is 3.49. The molecule has 0 aliphatic heterocycles. The van der Waals surface area contributed by atoms with Crippen molar-refractivity contribution in [3.8, 4) is 5.75 Å². The maximum atomic E-state index is 12.4. The molecule has 0 aliphatic rings. The standard InChI is InChI=1S/C18H21ClN2O4S/c1-4-25-15-8-5-7-14(11-15)20-18(22)12-21(26(3,23)24)17-10-6-9-16(19)13(17)2/h5-11H,4,12H2,1-3H3,(H,20,22). The van der Waals surface area contributed by atoms with E-state index in [1.165, 1.54) is 0 Å². The van der Waals surface area contributed by atoms with Gasteiger partial charge in [-0.05, 0) is 43.7 Å². The van der Waals surface area contributed by atoms with E-state index in [0.29, 0.717) is 34.3 Å². The molecule has 26 heavy (non-hydrogen) atoms. The number of carbonyl (C=O) groups excluding carboxylic acids is 1. The molecule has 0 bridgehead atoms. The number of halogens is 1. The van der Waals surface area contributed by atoms with Crippen LogP contribution in [0.15, 0.2) is 42.5 Å². The van der Waals surface area contributed by atoms with Gasteiger partial charge in [-0.2, -0.15) is 0 Å². The zero-order chi connectivity index (χ0) is 19.3. The Hall–Kier alpha value is -2.25. The molecule has 0 saturated heterocycles. The average molecular weight is 397 g/mol. The molecule has 8 heteroatoms. The first-order valence-corrected chi connectivity index (χ1v) is 10.2. The van der Waals surface area contributed by atoms with E-state index in [9.17, 15) is 13.2 Å². The van der Waals surface area contributed by atoms with Gasteiger partial charge in [0.2, 0.25) is 15.9 Å². The molecule has 0 unspecified atom stereocenters. The third kappa shape index (κ3) is 5.12. The Bertz CT molecular complexity index is 900. The van der Waals surface area contributed by atoms with Crippen molar-refractivity contribution in [2.45, 2.75) is 13.8 Å². The fourth-order valence-electron chi connectivity index (χ4n) is 2.41. The normalized spacial score (nSPS) is 11.1. The Morgan fingerprint density at radius 3 is 2.58 bits per heavy atom. The summed E-state index contributed by atoms with van der Waals surface area (Å²) in [4.78, 5) is 12.4. The predicted molar refractivity (Wildman–Crippen MR) is 105 cm³/mol. The Morgan fingerprint density at radius 2 is 1.92 bits per heavy atom. The number of benzene rings is 2. The van der Waals surface area contributed by atoms with Crippen LogP contribution in [0.5, 0.6) is 5.75 Å². The number of carbonyl (C=O) groups is 1. The lowest BCUT2D eigenvalue weighted by molar-refractivity contribution is -0.114. The lowest BCUT2D eigenvalue weighted by Gasteiger charge is -2.24. The van der Waals surface area contributed by atoms with E-state index in [0.717, 1.165) is 10.6 Å². The summed E-state index contributed by atoms with van der Waals surface area (Å²) in [5.74, 6) is 0.152.